The topological polar surface area (TPSA) is 68.6 Å². The maximum atomic E-state index is 10.2. The lowest BCUT2D eigenvalue weighted by molar-refractivity contribution is -0.0481. The van der Waals surface area contributed by atoms with Gasteiger partial charge in [-0.3, -0.25) is 10.6 Å². The van der Waals surface area contributed by atoms with Crippen LogP contribution in [-0.2, 0) is 0 Å². The average Bonchev–Trinajstić information content (AvgIpc) is 2.51. The number of amidine groups is 1. The fraction of sp³-hybridized carbons (Fsp3) is 0.133. The summed E-state index contributed by atoms with van der Waals surface area (Å²) in [7, 11) is 1.61. The maximum absolute atomic E-state index is 10.2. The van der Waals surface area contributed by atoms with Gasteiger partial charge in [-0.15, -0.1) is 0 Å². The molecule has 2 aromatic carbocycles. The summed E-state index contributed by atoms with van der Waals surface area (Å²) in [5.74, 6) is 0.838. The lowest BCUT2D eigenvalue weighted by Gasteiger charge is -2.35. The Morgan fingerprint density at radius 2 is 1.85 bits per heavy atom. The first-order valence-corrected chi connectivity index (χ1v) is 6.27. The van der Waals surface area contributed by atoms with Crippen LogP contribution in [0.5, 0.6) is 5.75 Å². The number of para-hydroxylation sites is 1. The summed E-state index contributed by atoms with van der Waals surface area (Å²) in [6.07, 6.45) is -0.483. The molecule has 0 fully saturated rings. The third-order valence-electron chi connectivity index (χ3n) is 3.38. The molecule has 5 heteroatoms. The van der Waals surface area contributed by atoms with Crippen LogP contribution in [0.1, 0.15) is 17.3 Å². The summed E-state index contributed by atoms with van der Waals surface area (Å²) >= 11 is 0. The van der Waals surface area contributed by atoms with E-state index in [-0.39, 0.29) is 5.84 Å². The molecule has 1 aliphatic heterocycles. The van der Waals surface area contributed by atoms with Crippen LogP contribution in [0.2, 0.25) is 0 Å². The van der Waals surface area contributed by atoms with Crippen molar-refractivity contribution < 1.29 is 9.94 Å². The van der Waals surface area contributed by atoms with E-state index in [9.17, 15) is 5.21 Å². The Morgan fingerprint density at radius 1 is 1.15 bits per heavy atom. The van der Waals surface area contributed by atoms with E-state index in [2.05, 4.69) is 5.32 Å². The smallest absolute Gasteiger partial charge is 0.157 e. The number of nitrogens with one attached hydrogen (secondary N) is 2. The number of anilines is 1. The van der Waals surface area contributed by atoms with E-state index in [0.29, 0.717) is 5.56 Å². The van der Waals surface area contributed by atoms with Gasteiger partial charge in [0.05, 0.1) is 7.11 Å². The second-order valence-electron chi connectivity index (χ2n) is 4.56. The highest BCUT2D eigenvalue weighted by Crippen LogP contribution is 2.32. The van der Waals surface area contributed by atoms with E-state index in [0.717, 1.165) is 22.1 Å². The molecule has 1 unspecified atom stereocenters. The molecular formula is C15H15N3O2. The van der Waals surface area contributed by atoms with Gasteiger partial charge >= 0.3 is 0 Å². The minimum atomic E-state index is -0.483. The van der Waals surface area contributed by atoms with Crippen LogP contribution in [0.15, 0.2) is 48.5 Å². The highest BCUT2D eigenvalue weighted by atomic mass is 16.5. The number of ether oxygens (including phenoxy) is 1. The largest absolute Gasteiger partial charge is 0.497 e. The van der Waals surface area contributed by atoms with Gasteiger partial charge in [-0.05, 0) is 29.8 Å². The van der Waals surface area contributed by atoms with Gasteiger partial charge < -0.3 is 10.1 Å². The maximum Gasteiger partial charge on any atom is 0.157 e. The van der Waals surface area contributed by atoms with Crippen molar-refractivity contribution in [3.05, 3.63) is 59.7 Å². The van der Waals surface area contributed by atoms with Gasteiger partial charge in [0.2, 0.25) is 0 Å². The monoisotopic (exact) mass is 269 g/mol. The van der Waals surface area contributed by atoms with Crippen LogP contribution < -0.4 is 10.1 Å². The Morgan fingerprint density at radius 3 is 2.55 bits per heavy atom. The van der Waals surface area contributed by atoms with Crippen LogP contribution in [-0.4, -0.2) is 23.2 Å². The van der Waals surface area contributed by atoms with E-state index >= 15 is 0 Å². The minimum absolute atomic E-state index is 0.0835. The van der Waals surface area contributed by atoms with E-state index in [1.165, 1.54) is 0 Å². The van der Waals surface area contributed by atoms with Crippen LogP contribution in [0.25, 0.3) is 0 Å². The molecule has 0 saturated heterocycles. The van der Waals surface area contributed by atoms with Crippen molar-refractivity contribution >= 4 is 11.5 Å². The summed E-state index contributed by atoms with van der Waals surface area (Å²) in [4.78, 5) is 0. The van der Waals surface area contributed by atoms with Gasteiger partial charge in [0, 0.05) is 11.3 Å². The molecule has 2 aromatic rings. The standard InChI is InChI=1S/C15H15N3O2/c1-20-11-8-6-10(7-9-11)15-17-13-5-3-2-4-12(13)14(16)18(15)19/h2-9,15-17,19H,1H3. The lowest BCUT2D eigenvalue weighted by atomic mass is 10.0. The van der Waals surface area contributed by atoms with Gasteiger partial charge in [-0.25, -0.2) is 5.06 Å². The number of nitrogens with zero attached hydrogens (tertiary/aromatic N) is 1. The van der Waals surface area contributed by atoms with Crippen molar-refractivity contribution in [2.24, 2.45) is 0 Å². The van der Waals surface area contributed by atoms with Crippen molar-refractivity contribution in [1.82, 2.24) is 5.06 Å². The van der Waals surface area contributed by atoms with Crippen molar-refractivity contribution in [2.75, 3.05) is 12.4 Å². The summed E-state index contributed by atoms with van der Waals surface area (Å²) in [6.45, 7) is 0. The second-order valence-corrected chi connectivity index (χ2v) is 4.56. The zero-order valence-corrected chi connectivity index (χ0v) is 11.0. The lowest BCUT2D eigenvalue weighted by Crippen LogP contribution is -2.40. The molecule has 0 radical (unpaired) electrons. The molecule has 0 aliphatic carbocycles. The molecule has 1 atom stereocenters. The predicted molar refractivity (Wildman–Crippen MR) is 76.3 cm³/mol. The molecular weight excluding hydrogens is 254 g/mol. The number of benzene rings is 2. The summed E-state index contributed by atoms with van der Waals surface area (Å²) < 4.78 is 5.12. The zero-order chi connectivity index (χ0) is 14.1. The van der Waals surface area contributed by atoms with E-state index in [1.54, 1.807) is 13.2 Å². The fourth-order valence-electron chi connectivity index (χ4n) is 2.29. The van der Waals surface area contributed by atoms with E-state index in [1.807, 2.05) is 42.5 Å². The Kier molecular flexibility index (Phi) is 3.04. The van der Waals surface area contributed by atoms with E-state index < -0.39 is 6.17 Å². The molecule has 5 nitrogen and oxygen atoms in total. The van der Waals surface area contributed by atoms with Crippen molar-refractivity contribution in [3.8, 4) is 5.75 Å². The number of fused-ring (bicyclic) bond motifs is 1. The molecule has 0 aromatic heterocycles. The van der Waals surface area contributed by atoms with Crippen molar-refractivity contribution in [1.29, 1.82) is 5.41 Å². The highest BCUT2D eigenvalue weighted by molar-refractivity contribution is 6.02. The molecule has 0 amide bonds. The zero-order valence-electron chi connectivity index (χ0n) is 11.0. The first kappa shape index (κ1) is 12.5. The van der Waals surface area contributed by atoms with Gasteiger partial charge in [0.1, 0.15) is 5.75 Å². The molecule has 20 heavy (non-hydrogen) atoms. The Hall–Kier alpha value is -2.53. The van der Waals surface area contributed by atoms with Crippen molar-refractivity contribution in [3.63, 3.8) is 0 Å². The Balaban J connectivity index is 1.97. The van der Waals surface area contributed by atoms with Gasteiger partial charge in [0.15, 0.2) is 12.0 Å². The first-order valence-electron chi connectivity index (χ1n) is 6.27. The van der Waals surface area contributed by atoms with Crippen molar-refractivity contribution in [2.45, 2.75) is 6.17 Å². The molecule has 3 N–H and O–H groups in total. The SMILES string of the molecule is COc1ccc(C2Nc3ccccc3C(=N)N2O)cc1. The molecule has 102 valence electrons. The molecule has 0 saturated carbocycles. The third-order valence-corrected chi connectivity index (χ3v) is 3.38. The molecule has 0 bridgehead atoms. The molecule has 1 heterocycles. The summed E-state index contributed by atoms with van der Waals surface area (Å²) in [5, 5.41) is 22.4. The molecule has 1 aliphatic rings. The molecule has 3 rings (SSSR count). The highest BCUT2D eigenvalue weighted by Gasteiger charge is 2.29. The number of hydrogen-bond acceptors (Lipinski definition) is 4. The fourth-order valence-corrected chi connectivity index (χ4v) is 2.29. The summed E-state index contributed by atoms with van der Waals surface area (Å²) in [6, 6.07) is 14.8. The molecule has 0 spiro atoms. The van der Waals surface area contributed by atoms with Gasteiger partial charge in [0.25, 0.3) is 0 Å². The Labute approximate surface area is 116 Å². The quantitative estimate of drug-likeness (QED) is 0.784. The second kappa shape index (κ2) is 4.86. The van der Waals surface area contributed by atoms with Gasteiger partial charge in [-0.1, -0.05) is 24.3 Å². The number of methoxy groups -OCH3 is 1. The van der Waals surface area contributed by atoms with Crippen LogP contribution in [0.4, 0.5) is 5.69 Å². The predicted octanol–water partition coefficient (Wildman–Crippen LogP) is 2.84. The number of hydroxylamine groups is 2. The van der Waals surface area contributed by atoms with Crippen LogP contribution in [0, 0.1) is 5.41 Å². The number of hydrogen-bond donors (Lipinski definition) is 3. The van der Waals surface area contributed by atoms with Crippen LogP contribution >= 0.6 is 0 Å². The van der Waals surface area contributed by atoms with Crippen LogP contribution in [0.3, 0.4) is 0 Å². The van der Waals surface area contributed by atoms with E-state index in [4.69, 9.17) is 10.1 Å². The number of rotatable bonds is 2. The Bertz CT molecular complexity index is 640. The average molecular weight is 269 g/mol. The first-order chi connectivity index (χ1) is 9.70. The third kappa shape index (κ3) is 1.98. The normalized spacial score (nSPS) is 17.4. The van der Waals surface area contributed by atoms with Gasteiger partial charge in [-0.2, -0.15) is 0 Å². The summed E-state index contributed by atoms with van der Waals surface area (Å²) in [5.41, 5.74) is 2.37. The minimum Gasteiger partial charge on any atom is -0.497 e.